The summed E-state index contributed by atoms with van der Waals surface area (Å²) >= 11 is 0. The average molecular weight is 539 g/mol. The van der Waals surface area contributed by atoms with E-state index >= 15 is 0 Å². The molecule has 0 aliphatic carbocycles. The van der Waals surface area contributed by atoms with Crippen LogP contribution in [0, 0.1) is 0 Å². The van der Waals surface area contributed by atoms with E-state index in [0.29, 0.717) is 48.7 Å². The van der Waals surface area contributed by atoms with Crippen molar-refractivity contribution in [2.75, 3.05) is 13.2 Å². The Bertz CT molecular complexity index is 1460. The van der Waals surface area contributed by atoms with Gasteiger partial charge in [0.1, 0.15) is 11.5 Å². The van der Waals surface area contributed by atoms with Crippen LogP contribution < -0.4 is 20.1 Å². The first-order valence-corrected chi connectivity index (χ1v) is 13.2. The van der Waals surface area contributed by atoms with Gasteiger partial charge in [0.25, 0.3) is 11.8 Å². The summed E-state index contributed by atoms with van der Waals surface area (Å²) in [4.78, 5) is 55.4. The molecule has 4 heterocycles. The molecule has 3 aromatic rings. The Morgan fingerprint density at radius 1 is 0.600 bits per heavy atom. The van der Waals surface area contributed by atoms with Crippen LogP contribution in [0.5, 0.6) is 11.5 Å². The minimum Gasteiger partial charge on any atom is -0.493 e. The van der Waals surface area contributed by atoms with E-state index in [1.807, 2.05) is 36.4 Å². The minimum atomic E-state index is -1.13. The maximum absolute atomic E-state index is 13.6. The highest BCUT2D eigenvalue weighted by molar-refractivity contribution is 6.08. The predicted octanol–water partition coefficient (Wildman–Crippen LogP) is 3.15. The largest absolute Gasteiger partial charge is 0.493 e. The number of nitrogens with zero attached hydrogens (tertiary/aromatic N) is 2. The first kappa shape index (κ1) is 24.2. The molecule has 10 nitrogen and oxygen atoms in total. The monoisotopic (exact) mass is 538 g/mol. The molecular weight excluding hydrogens is 512 g/mol. The van der Waals surface area contributed by atoms with E-state index in [0.717, 1.165) is 11.1 Å². The third kappa shape index (κ3) is 3.48. The van der Waals surface area contributed by atoms with Crippen LogP contribution in [-0.2, 0) is 33.8 Å². The van der Waals surface area contributed by atoms with Gasteiger partial charge in [0, 0.05) is 24.0 Å². The van der Waals surface area contributed by atoms with Gasteiger partial charge in [-0.3, -0.25) is 19.4 Å². The molecule has 2 atom stereocenters. The van der Waals surface area contributed by atoms with E-state index < -0.39 is 23.1 Å². The van der Waals surface area contributed by atoms with Crippen molar-refractivity contribution in [2.24, 2.45) is 0 Å². The molecule has 2 N–H and O–H groups in total. The van der Waals surface area contributed by atoms with Crippen LogP contribution in [-0.4, -0.2) is 46.9 Å². The quantitative estimate of drug-likeness (QED) is 0.493. The molecule has 10 heteroatoms. The Kier molecular flexibility index (Phi) is 5.35. The van der Waals surface area contributed by atoms with Crippen LogP contribution in [0.2, 0.25) is 0 Å². The van der Waals surface area contributed by atoms with Gasteiger partial charge in [-0.15, -0.1) is 0 Å². The molecule has 202 valence electrons. The highest BCUT2D eigenvalue weighted by Gasteiger charge is 2.56. The van der Waals surface area contributed by atoms with Gasteiger partial charge in [-0.2, -0.15) is 0 Å². The maximum Gasteiger partial charge on any atom is 0.325 e. The molecule has 6 amide bonds. The number of imide groups is 2. The fourth-order valence-corrected chi connectivity index (χ4v) is 6.15. The van der Waals surface area contributed by atoms with Gasteiger partial charge in [-0.25, -0.2) is 9.59 Å². The first-order valence-electron chi connectivity index (χ1n) is 13.2. The Labute approximate surface area is 229 Å². The van der Waals surface area contributed by atoms with Crippen molar-refractivity contribution < 1.29 is 28.7 Å². The standard InChI is InChI=1S/C30H26N4O6/c35-25-29(13-15-39-23-7-3-1-5-21(23)29)31-27(37)33(25)17-19-9-11-20(12-10-19)18-34-26(36)30(32-28(34)38)14-16-40-24-8-4-2-6-22(24)30/h1-12H,13-18H2,(H,31,37)(H,32,38)/t29-,30-/m1/s1. The molecular formula is C30H26N4O6. The van der Waals surface area contributed by atoms with Gasteiger partial charge in [-0.05, 0) is 23.3 Å². The predicted molar refractivity (Wildman–Crippen MR) is 141 cm³/mol. The van der Waals surface area contributed by atoms with Crippen molar-refractivity contribution in [3.8, 4) is 11.5 Å². The summed E-state index contributed by atoms with van der Waals surface area (Å²) in [5.41, 5.74) is 0.558. The number of urea groups is 2. The molecule has 7 rings (SSSR count). The SMILES string of the molecule is O=C1N[C@@]2(CCOc3ccccc32)C(=O)N1Cc1ccc(CN2C(=O)N[C@@]3(CCOc4ccccc43)C2=O)cc1. The Balaban J connectivity index is 1.07. The third-order valence-electron chi connectivity index (χ3n) is 8.22. The summed E-state index contributed by atoms with van der Waals surface area (Å²) in [6, 6.07) is 20.8. The Morgan fingerprint density at radius 3 is 1.43 bits per heavy atom. The summed E-state index contributed by atoms with van der Waals surface area (Å²) < 4.78 is 11.4. The molecule has 0 saturated carbocycles. The van der Waals surface area contributed by atoms with Crippen molar-refractivity contribution in [1.82, 2.24) is 20.4 Å². The van der Waals surface area contributed by atoms with E-state index in [-0.39, 0.29) is 24.9 Å². The van der Waals surface area contributed by atoms with Crippen LogP contribution in [0.4, 0.5) is 9.59 Å². The second kappa shape index (κ2) is 8.84. The lowest BCUT2D eigenvalue weighted by molar-refractivity contribution is -0.133. The van der Waals surface area contributed by atoms with Crippen molar-refractivity contribution in [2.45, 2.75) is 37.0 Å². The fourth-order valence-electron chi connectivity index (χ4n) is 6.15. The number of hydrogen-bond donors (Lipinski definition) is 2. The van der Waals surface area contributed by atoms with E-state index in [2.05, 4.69) is 10.6 Å². The number of nitrogens with one attached hydrogen (secondary N) is 2. The number of fused-ring (bicyclic) bond motifs is 4. The van der Waals surface area contributed by atoms with E-state index in [1.54, 1.807) is 36.4 Å². The topological polar surface area (TPSA) is 117 Å². The summed E-state index contributed by atoms with van der Waals surface area (Å²) in [6.07, 6.45) is 0.710. The Hall–Kier alpha value is -4.86. The lowest BCUT2D eigenvalue weighted by atomic mass is 9.84. The summed E-state index contributed by atoms with van der Waals surface area (Å²) in [5, 5.41) is 5.82. The molecule has 2 saturated heterocycles. The zero-order valence-electron chi connectivity index (χ0n) is 21.5. The van der Waals surface area contributed by atoms with Crippen molar-refractivity contribution in [3.63, 3.8) is 0 Å². The number of ether oxygens (including phenoxy) is 2. The number of hydrogen-bond acceptors (Lipinski definition) is 6. The molecule has 3 aromatic carbocycles. The maximum atomic E-state index is 13.6. The third-order valence-corrected chi connectivity index (χ3v) is 8.22. The van der Waals surface area contributed by atoms with Crippen LogP contribution in [0.15, 0.2) is 72.8 Å². The highest BCUT2D eigenvalue weighted by atomic mass is 16.5. The van der Waals surface area contributed by atoms with Gasteiger partial charge in [-0.1, -0.05) is 60.7 Å². The van der Waals surface area contributed by atoms with Crippen molar-refractivity contribution >= 4 is 23.9 Å². The van der Waals surface area contributed by atoms with E-state index in [4.69, 9.17) is 9.47 Å². The van der Waals surface area contributed by atoms with Gasteiger partial charge >= 0.3 is 12.1 Å². The average Bonchev–Trinajstić information content (AvgIpc) is 3.34. The van der Waals surface area contributed by atoms with E-state index in [9.17, 15) is 19.2 Å². The fraction of sp³-hybridized carbons (Fsp3) is 0.267. The number of rotatable bonds is 4. The van der Waals surface area contributed by atoms with Crippen molar-refractivity contribution in [1.29, 1.82) is 0 Å². The molecule has 0 unspecified atom stereocenters. The van der Waals surface area contributed by atoms with Gasteiger partial charge in [0.2, 0.25) is 0 Å². The van der Waals surface area contributed by atoms with Crippen LogP contribution in [0.3, 0.4) is 0 Å². The number of amides is 6. The molecule has 2 fully saturated rings. The molecule has 0 radical (unpaired) electrons. The van der Waals surface area contributed by atoms with Crippen LogP contribution >= 0.6 is 0 Å². The second-order valence-corrected chi connectivity index (χ2v) is 10.5. The Morgan fingerprint density at radius 2 is 1.00 bits per heavy atom. The molecule has 4 aliphatic rings. The molecule has 2 spiro atoms. The molecule has 4 aliphatic heterocycles. The van der Waals surface area contributed by atoms with Gasteiger partial charge in [0.05, 0.1) is 26.3 Å². The minimum absolute atomic E-state index is 0.0960. The lowest BCUT2D eigenvalue weighted by Crippen LogP contribution is -2.47. The molecule has 0 bridgehead atoms. The molecule has 0 aromatic heterocycles. The zero-order chi connectivity index (χ0) is 27.5. The summed E-state index contributed by atoms with van der Waals surface area (Å²) in [6.45, 7) is 0.847. The first-order chi connectivity index (χ1) is 19.4. The van der Waals surface area contributed by atoms with Gasteiger partial charge in [0.15, 0.2) is 11.1 Å². The highest BCUT2D eigenvalue weighted by Crippen LogP contribution is 2.42. The number of benzene rings is 3. The zero-order valence-corrected chi connectivity index (χ0v) is 21.5. The molecule has 40 heavy (non-hydrogen) atoms. The number of para-hydroxylation sites is 2. The van der Waals surface area contributed by atoms with Crippen molar-refractivity contribution in [3.05, 3.63) is 95.1 Å². The number of carbonyl (C=O) groups is 4. The van der Waals surface area contributed by atoms with Gasteiger partial charge < -0.3 is 20.1 Å². The second-order valence-electron chi connectivity index (χ2n) is 10.5. The van der Waals surface area contributed by atoms with E-state index in [1.165, 1.54) is 9.80 Å². The number of carbonyl (C=O) groups excluding carboxylic acids is 4. The normalized spacial score (nSPS) is 24.9. The van der Waals surface area contributed by atoms with Crippen LogP contribution in [0.1, 0.15) is 35.1 Å². The smallest absolute Gasteiger partial charge is 0.325 e. The van der Waals surface area contributed by atoms with Crippen LogP contribution in [0.25, 0.3) is 0 Å². The summed E-state index contributed by atoms with van der Waals surface area (Å²) in [5.74, 6) is 0.581. The summed E-state index contributed by atoms with van der Waals surface area (Å²) in [7, 11) is 0. The lowest BCUT2D eigenvalue weighted by Gasteiger charge is -2.33.